The van der Waals surface area contributed by atoms with Gasteiger partial charge in [-0.25, -0.2) is 0 Å². The summed E-state index contributed by atoms with van der Waals surface area (Å²) >= 11 is 0. The van der Waals surface area contributed by atoms with Gasteiger partial charge in [-0.3, -0.25) is 4.68 Å². The molecule has 0 aliphatic carbocycles. The van der Waals surface area contributed by atoms with Crippen molar-refractivity contribution < 1.29 is 0 Å². The Balaban J connectivity index is 1.89. The average Bonchev–Trinajstić information content (AvgIpc) is 2.69. The largest absolute Gasteiger partial charge is 0.364 e. The average molecular weight is 230 g/mol. The van der Waals surface area contributed by atoms with Crippen LogP contribution in [0.25, 0.3) is 10.9 Å². The summed E-state index contributed by atoms with van der Waals surface area (Å²) < 4.78 is 1.94. The van der Waals surface area contributed by atoms with Gasteiger partial charge in [-0.05, 0) is 31.5 Å². The van der Waals surface area contributed by atoms with Gasteiger partial charge in [0.2, 0.25) is 0 Å². The molecule has 1 atom stereocenters. The zero-order valence-electron chi connectivity index (χ0n) is 10.1. The number of rotatable bonds is 2. The van der Waals surface area contributed by atoms with Crippen molar-refractivity contribution in [3.8, 4) is 0 Å². The maximum atomic E-state index is 4.56. The molecule has 1 aromatic carbocycles. The Morgan fingerprint density at radius 3 is 3.12 bits per heavy atom. The summed E-state index contributed by atoms with van der Waals surface area (Å²) in [5.41, 5.74) is 1.18. The summed E-state index contributed by atoms with van der Waals surface area (Å²) in [6.45, 7) is 2.17. The first kappa shape index (κ1) is 10.6. The van der Waals surface area contributed by atoms with Gasteiger partial charge in [0.25, 0.3) is 0 Å². The first-order valence-corrected chi connectivity index (χ1v) is 6.23. The Morgan fingerprint density at radius 1 is 1.41 bits per heavy atom. The van der Waals surface area contributed by atoms with Crippen LogP contribution in [0.3, 0.4) is 0 Å². The lowest BCUT2D eigenvalue weighted by Crippen LogP contribution is -2.38. The zero-order chi connectivity index (χ0) is 11.7. The number of fused-ring (bicyclic) bond motifs is 1. The van der Waals surface area contributed by atoms with Crippen LogP contribution in [0, 0.1) is 0 Å². The molecule has 17 heavy (non-hydrogen) atoms. The van der Waals surface area contributed by atoms with Gasteiger partial charge in [-0.2, -0.15) is 5.10 Å². The van der Waals surface area contributed by atoms with Gasteiger partial charge >= 0.3 is 0 Å². The van der Waals surface area contributed by atoms with E-state index in [1.165, 1.54) is 23.7 Å². The molecule has 0 amide bonds. The third kappa shape index (κ3) is 2.00. The standard InChI is InChI=1S/C13H18N4/c1-17-12-7-3-2-6-11(12)13(16-17)15-10-5-4-8-14-9-10/h2-3,6-7,10,14H,4-5,8-9H2,1H3,(H,15,16). The molecule has 4 nitrogen and oxygen atoms in total. The Morgan fingerprint density at radius 2 is 2.29 bits per heavy atom. The zero-order valence-corrected chi connectivity index (χ0v) is 10.1. The van der Waals surface area contributed by atoms with Gasteiger partial charge in [-0.1, -0.05) is 12.1 Å². The molecule has 90 valence electrons. The van der Waals surface area contributed by atoms with Crippen LogP contribution in [0.1, 0.15) is 12.8 Å². The van der Waals surface area contributed by atoms with Crippen molar-refractivity contribution >= 4 is 16.7 Å². The topological polar surface area (TPSA) is 41.9 Å². The normalized spacial score (nSPS) is 20.6. The monoisotopic (exact) mass is 230 g/mol. The van der Waals surface area contributed by atoms with E-state index in [2.05, 4.69) is 40.0 Å². The number of para-hydroxylation sites is 1. The van der Waals surface area contributed by atoms with Gasteiger partial charge in [-0.15, -0.1) is 0 Å². The van der Waals surface area contributed by atoms with Gasteiger partial charge < -0.3 is 10.6 Å². The summed E-state index contributed by atoms with van der Waals surface area (Å²) in [6, 6.07) is 8.85. The minimum atomic E-state index is 0.502. The number of hydrogen-bond donors (Lipinski definition) is 2. The van der Waals surface area contributed by atoms with Gasteiger partial charge in [0.05, 0.1) is 5.52 Å². The maximum Gasteiger partial charge on any atom is 0.156 e. The fraction of sp³-hybridized carbons (Fsp3) is 0.462. The molecule has 0 saturated carbocycles. The molecule has 1 fully saturated rings. The van der Waals surface area contributed by atoms with Crippen LogP contribution in [0.5, 0.6) is 0 Å². The molecule has 4 heteroatoms. The highest BCUT2D eigenvalue weighted by Crippen LogP contribution is 2.23. The summed E-state index contributed by atoms with van der Waals surface area (Å²) in [4.78, 5) is 0. The Bertz CT molecular complexity index is 511. The van der Waals surface area contributed by atoms with E-state index < -0.39 is 0 Å². The molecule has 1 unspecified atom stereocenters. The number of piperidine rings is 1. The summed E-state index contributed by atoms with van der Waals surface area (Å²) in [6.07, 6.45) is 2.46. The summed E-state index contributed by atoms with van der Waals surface area (Å²) in [5, 5.41) is 12.7. The van der Waals surface area contributed by atoms with Crippen LogP contribution in [0.15, 0.2) is 24.3 Å². The van der Waals surface area contributed by atoms with E-state index in [9.17, 15) is 0 Å². The smallest absolute Gasteiger partial charge is 0.156 e. The molecule has 1 aliphatic heterocycles. The van der Waals surface area contributed by atoms with Gasteiger partial charge in [0.15, 0.2) is 5.82 Å². The van der Waals surface area contributed by atoms with Crippen LogP contribution in [0.4, 0.5) is 5.82 Å². The van der Waals surface area contributed by atoms with Crippen LogP contribution >= 0.6 is 0 Å². The van der Waals surface area contributed by atoms with Crippen molar-refractivity contribution in [3.05, 3.63) is 24.3 Å². The molecular formula is C13H18N4. The third-order valence-electron chi connectivity index (χ3n) is 3.40. The fourth-order valence-electron chi connectivity index (χ4n) is 2.49. The Kier molecular flexibility index (Phi) is 2.73. The van der Waals surface area contributed by atoms with E-state index in [1.54, 1.807) is 0 Å². The van der Waals surface area contributed by atoms with Crippen molar-refractivity contribution in [2.75, 3.05) is 18.4 Å². The molecule has 1 aromatic heterocycles. The lowest BCUT2D eigenvalue weighted by Gasteiger charge is -2.23. The first-order valence-electron chi connectivity index (χ1n) is 6.23. The summed E-state index contributed by atoms with van der Waals surface area (Å²) in [7, 11) is 1.99. The lowest BCUT2D eigenvalue weighted by molar-refractivity contribution is 0.479. The van der Waals surface area contributed by atoms with Gasteiger partial charge in [0, 0.05) is 25.0 Å². The number of nitrogens with zero attached hydrogens (tertiary/aromatic N) is 2. The maximum absolute atomic E-state index is 4.56. The molecular weight excluding hydrogens is 212 g/mol. The van der Waals surface area contributed by atoms with Crippen molar-refractivity contribution in [1.29, 1.82) is 0 Å². The number of nitrogens with one attached hydrogen (secondary N) is 2. The highest BCUT2D eigenvalue weighted by Gasteiger charge is 2.15. The molecule has 0 bridgehead atoms. The van der Waals surface area contributed by atoms with E-state index >= 15 is 0 Å². The quantitative estimate of drug-likeness (QED) is 0.825. The lowest BCUT2D eigenvalue weighted by atomic mass is 10.1. The fourth-order valence-corrected chi connectivity index (χ4v) is 2.49. The van der Waals surface area contributed by atoms with E-state index in [1.807, 2.05) is 11.7 Å². The molecule has 2 aromatic rings. The van der Waals surface area contributed by atoms with Crippen molar-refractivity contribution in [2.45, 2.75) is 18.9 Å². The summed E-state index contributed by atoms with van der Waals surface area (Å²) in [5.74, 6) is 1.01. The molecule has 2 heterocycles. The van der Waals surface area contributed by atoms with Crippen molar-refractivity contribution in [2.24, 2.45) is 7.05 Å². The van der Waals surface area contributed by atoms with E-state index in [4.69, 9.17) is 0 Å². The van der Waals surface area contributed by atoms with Gasteiger partial charge in [0.1, 0.15) is 0 Å². The minimum Gasteiger partial charge on any atom is -0.364 e. The number of aryl methyl sites for hydroxylation is 1. The van der Waals surface area contributed by atoms with E-state index in [-0.39, 0.29) is 0 Å². The number of benzene rings is 1. The number of aromatic nitrogens is 2. The molecule has 0 radical (unpaired) electrons. The second kappa shape index (κ2) is 4.37. The predicted molar refractivity (Wildman–Crippen MR) is 70.2 cm³/mol. The Labute approximate surface area is 101 Å². The predicted octanol–water partition coefficient (Wildman–Crippen LogP) is 1.74. The van der Waals surface area contributed by atoms with Crippen LogP contribution in [-0.4, -0.2) is 28.9 Å². The molecule has 3 rings (SSSR count). The van der Waals surface area contributed by atoms with Crippen molar-refractivity contribution in [1.82, 2.24) is 15.1 Å². The highest BCUT2D eigenvalue weighted by atomic mass is 15.3. The first-order chi connectivity index (χ1) is 8.34. The van der Waals surface area contributed by atoms with Crippen LogP contribution in [0.2, 0.25) is 0 Å². The van der Waals surface area contributed by atoms with Crippen LogP contribution < -0.4 is 10.6 Å². The molecule has 0 spiro atoms. The van der Waals surface area contributed by atoms with E-state index in [0.29, 0.717) is 6.04 Å². The van der Waals surface area contributed by atoms with E-state index in [0.717, 1.165) is 18.9 Å². The molecule has 2 N–H and O–H groups in total. The number of hydrogen-bond acceptors (Lipinski definition) is 3. The number of anilines is 1. The highest BCUT2D eigenvalue weighted by molar-refractivity contribution is 5.90. The molecule has 1 saturated heterocycles. The minimum absolute atomic E-state index is 0.502. The van der Waals surface area contributed by atoms with Crippen molar-refractivity contribution in [3.63, 3.8) is 0 Å². The van der Waals surface area contributed by atoms with Crippen LogP contribution in [-0.2, 0) is 7.05 Å². The Hall–Kier alpha value is -1.55. The second-order valence-electron chi connectivity index (χ2n) is 4.68. The second-order valence-corrected chi connectivity index (χ2v) is 4.68. The SMILES string of the molecule is Cn1nc(NC2CCCNC2)c2ccccc21. The molecule has 1 aliphatic rings. The third-order valence-corrected chi connectivity index (χ3v) is 3.40.